The van der Waals surface area contributed by atoms with Gasteiger partial charge >= 0.3 is 0 Å². The molecule has 3 aromatic carbocycles. The number of hydrogen-bond acceptors (Lipinski definition) is 2. The Kier molecular flexibility index (Phi) is 8.66. The van der Waals surface area contributed by atoms with E-state index in [1.165, 1.54) is 12.5 Å². The van der Waals surface area contributed by atoms with Crippen molar-refractivity contribution in [3.8, 4) is 0 Å². The maximum Gasteiger partial charge on any atom is 0.243 e. The van der Waals surface area contributed by atoms with E-state index in [4.69, 9.17) is 0 Å². The highest BCUT2D eigenvalue weighted by molar-refractivity contribution is 5.89. The van der Waals surface area contributed by atoms with Gasteiger partial charge in [0.2, 0.25) is 11.8 Å². The van der Waals surface area contributed by atoms with Gasteiger partial charge in [-0.05, 0) is 35.6 Å². The van der Waals surface area contributed by atoms with Crippen LogP contribution in [0.25, 0.3) is 0 Å². The van der Waals surface area contributed by atoms with E-state index in [9.17, 15) is 14.0 Å². The third kappa shape index (κ3) is 7.01. The van der Waals surface area contributed by atoms with Crippen molar-refractivity contribution in [3.05, 3.63) is 107 Å². The summed E-state index contributed by atoms with van der Waals surface area (Å²) in [5.74, 6) is -0.816. The Hall–Kier alpha value is -3.47. The van der Waals surface area contributed by atoms with Gasteiger partial charge in [0.1, 0.15) is 11.9 Å². The second-order valence-corrected chi connectivity index (χ2v) is 9.32. The molecule has 3 aromatic rings. The highest BCUT2D eigenvalue weighted by atomic mass is 19.1. The fourth-order valence-electron chi connectivity index (χ4n) is 4.78. The highest BCUT2D eigenvalue weighted by Gasteiger charge is 2.32. The molecule has 5 heteroatoms. The van der Waals surface area contributed by atoms with E-state index in [-0.39, 0.29) is 30.8 Å². The van der Waals surface area contributed by atoms with Crippen LogP contribution < -0.4 is 5.32 Å². The van der Waals surface area contributed by atoms with Crippen molar-refractivity contribution in [3.63, 3.8) is 0 Å². The van der Waals surface area contributed by atoms with Gasteiger partial charge in [0, 0.05) is 19.0 Å². The molecule has 35 heavy (non-hydrogen) atoms. The van der Waals surface area contributed by atoms with Crippen molar-refractivity contribution in [2.45, 2.75) is 63.6 Å². The Bertz CT molecular complexity index is 1100. The van der Waals surface area contributed by atoms with E-state index in [1.807, 2.05) is 60.7 Å². The van der Waals surface area contributed by atoms with Crippen LogP contribution >= 0.6 is 0 Å². The molecule has 2 amide bonds. The second kappa shape index (κ2) is 12.3. The van der Waals surface area contributed by atoms with E-state index in [0.29, 0.717) is 12.0 Å². The summed E-state index contributed by atoms with van der Waals surface area (Å²) in [7, 11) is 0. The molecule has 0 bridgehead atoms. The van der Waals surface area contributed by atoms with Crippen LogP contribution in [-0.2, 0) is 29.0 Å². The molecule has 4 nitrogen and oxygen atoms in total. The maximum absolute atomic E-state index is 14.4. The third-order valence-electron chi connectivity index (χ3n) is 6.72. The van der Waals surface area contributed by atoms with Gasteiger partial charge in [-0.1, -0.05) is 98.1 Å². The van der Waals surface area contributed by atoms with E-state index < -0.39 is 11.9 Å². The quantitative estimate of drug-likeness (QED) is 0.450. The van der Waals surface area contributed by atoms with Gasteiger partial charge in [-0.2, -0.15) is 0 Å². The van der Waals surface area contributed by atoms with Crippen molar-refractivity contribution < 1.29 is 14.0 Å². The Balaban J connectivity index is 1.64. The summed E-state index contributed by atoms with van der Waals surface area (Å²) in [6.45, 7) is 0.281. The summed E-state index contributed by atoms with van der Waals surface area (Å²) in [6.07, 6.45) is 5.64. The van der Waals surface area contributed by atoms with Crippen LogP contribution in [-0.4, -0.2) is 28.8 Å². The van der Waals surface area contributed by atoms with Crippen LogP contribution in [0.3, 0.4) is 0 Å². The molecule has 0 saturated heterocycles. The molecule has 4 rings (SSSR count). The highest BCUT2D eigenvalue weighted by Crippen LogP contribution is 2.20. The lowest BCUT2D eigenvalue weighted by molar-refractivity contribution is -0.141. The first kappa shape index (κ1) is 24.6. The van der Waals surface area contributed by atoms with Crippen LogP contribution in [0.2, 0.25) is 0 Å². The minimum atomic E-state index is -0.696. The number of nitrogens with zero attached hydrogens (tertiary/aromatic N) is 1. The van der Waals surface area contributed by atoms with Crippen molar-refractivity contribution in [1.29, 1.82) is 0 Å². The summed E-state index contributed by atoms with van der Waals surface area (Å²) in [6, 6.07) is 25.2. The fourth-order valence-corrected chi connectivity index (χ4v) is 4.78. The van der Waals surface area contributed by atoms with Crippen LogP contribution in [0.4, 0.5) is 4.39 Å². The number of rotatable bonds is 9. The molecule has 1 atom stereocenters. The fraction of sp³-hybridized carbons (Fsp3) is 0.333. The predicted molar refractivity (Wildman–Crippen MR) is 136 cm³/mol. The molecule has 0 spiro atoms. The van der Waals surface area contributed by atoms with Crippen LogP contribution in [0.15, 0.2) is 84.9 Å². The standard InChI is InChI=1S/C30H33FN2O2/c31-27-19-11-10-16-25(27)21-29(34)33(22-24-14-6-2-7-15-24)28(20-23-12-4-1-5-13-23)30(35)32-26-17-8-3-9-18-26/h1-2,4-7,10-16,19,26,28H,3,8-9,17-18,20-22H2,(H,32,35). The second-order valence-electron chi connectivity index (χ2n) is 9.32. The zero-order valence-electron chi connectivity index (χ0n) is 20.0. The topological polar surface area (TPSA) is 49.4 Å². The van der Waals surface area contributed by atoms with Crippen LogP contribution in [0, 0.1) is 5.82 Å². The molecule has 1 aliphatic carbocycles. The molecule has 1 N–H and O–H groups in total. The van der Waals surface area contributed by atoms with Crippen molar-refractivity contribution in [1.82, 2.24) is 10.2 Å². The lowest BCUT2D eigenvalue weighted by Crippen LogP contribution is -2.53. The van der Waals surface area contributed by atoms with E-state index in [2.05, 4.69) is 5.32 Å². The Morgan fingerprint density at radius 3 is 2.09 bits per heavy atom. The Morgan fingerprint density at radius 1 is 0.829 bits per heavy atom. The van der Waals surface area contributed by atoms with Gasteiger partial charge in [0.15, 0.2) is 0 Å². The largest absolute Gasteiger partial charge is 0.352 e. The average Bonchev–Trinajstić information content (AvgIpc) is 2.89. The molecule has 1 saturated carbocycles. The molecule has 1 fully saturated rings. The molecule has 0 aromatic heterocycles. The van der Waals surface area contributed by atoms with Gasteiger partial charge in [-0.15, -0.1) is 0 Å². The van der Waals surface area contributed by atoms with E-state index >= 15 is 0 Å². The summed E-state index contributed by atoms with van der Waals surface area (Å²) >= 11 is 0. The lowest BCUT2D eigenvalue weighted by atomic mass is 9.94. The monoisotopic (exact) mass is 472 g/mol. The zero-order chi connectivity index (χ0) is 24.5. The van der Waals surface area contributed by atoms with Gasteiger partial charge < -0.3 is 10.2 Å². The molecule has 0 aliphatic heterocycles. The number of amides is 2. The smallest absolute Gasteiger partial charge is 0.243 e. The molecule has 1 unspecified atom stereocenters. The summed E-state index contributed by atoms with van der Waals surface area (Å²) < 4.78 is 14.4. The number of benzene rings is 3. The SMILES string of the molecule is O=C(NC1CCCCC1)C(Cc1ccccc1)N(Cc1ccccc1)C(=O)Cc1ccccc1F. The number of carbonyl (C=O) groups excluding carboxylic acids is 2. The normalized spacial score (nSPS) is 14.8. The minimum absolute atomic E-state index is 0.0957. The van der Waals surface area contributed by atoms with Gasteiger partial charge in [0.05, 0.1) is 6.42 Å². The first-order valence-corrected chi connectivity index (χ1v) is 12.5. The van der Waals surface area contributed by atoms with Crippen molar-refractivity contribution in [2.24, 2.45) is 0 Å². The van der Waals surface area contributed by atoms with Gasteiger partial charge in [0.25, 0.3) is 0 Å². The van der Waals surface area contributed by atoms with Gasteiger partial charge in [-0.25, -0.2) is 4.39 Å². The number of hydrogen-bond donors (Lipinski definition) is 1. The van der Waals surface area contributed by atoms with Crippen LogP contribution in [0.1, 0.15) is 48.8 Å². The third-order valence-corrected chi connectivity index (χ3v) is 6.72. The molecule has 182 valence electrons. The summed E-state index contributed by atoms with van der Waals surface area (Å²) in [5, 5.41) is 3.23. The Morgan fingerprint density at radius 2 is 1.43 bits per heavy atom. The first-order chi connectivity index (χ1) is 17.1. The number of carbonyl (C=O) groups is 2. The lowest BCUT2D eigenvalue weighted by Gasteiger charge is -2.33. The minimum Gasteiger partial charge on any atom is -0.352 e. The summed E-state index contributed by atoms with van der Waals surface area (Å²) in [4.78, 5) is 29.0. The van der Waals surface area contributed by atoms with Crippen molar-refractivity contribution >= 4 is 11.8 Å². The van der Waals surface area contributed by atoms with E-state index in [1.54, 1.807) is 23.1 Å². The first-order valence-electron chi connectivity index (χ1n) is 12.5. The van der Waals surface area contributed by atoms with Crippen LogP contribution in [0.5, 0.6) is 0 Å². The zero-order valence-corrected chi connectivity index (χ0v) is 20.0. The average molecular weight is 473 g/mol. The molecule has 1 aliphatic rings. The number of halogens is 1. The maximum atomic E-state index is 14.4. The van der Waals surface area contributed by atoms with Gasteiger partial charge in [-0.3, -0.25) is 9.59 Å². The molecule has 0 heterocycles. The number of nitrogens with one attached hydrogen (secondary N) is 1. The molecular formula is C30H33FN2O2. The molecular weight excluding hydrogens is 439 g/mol. The summed E-state index contributed by atoms with van der Waals surface area (Å²) in [5.41, 5.74) is 2.24. The van der Waals surface area contributed by atoms with E-state index in [0.717, 1.165) is 36.8 Å². The molecule has 0 radical (unpaired) electrons. The predicted octanol–water partition coefficient (Wildman–Crippen LogP) is 5.46. The Labute approximate surface area is 207 Å². The van der Waals surface area contributed by atoms with Crippen molar-refractivity contribution in [2.75, 3.05) is 0 Å².